The number of aromatic nitrogens is 4. The van der Waals surface area contributed by atoms with E-state index in [0.29, 0.717) is 11.4 Å². The lowest BCUT2D eigenvalue weighted by Crippen LogP contribution is -2.53. The number of carbonyl (C=O) groups excluding carboxylic acids is 6. The maximum absolute atomic E-state index is 13.3. The molecule has 1 aromatic carbocycles. The number of nitrogen functional groups attached to an aromatic ring is 1. The van der Waals surface area contributed by atoms with Gasteiger partial charge in [0.05, 0.1) is 48.8 Å². The fourth-order valence-electron chi connectivity index (χ4n) is 5.42. The molecule has 0 spiro atoms. The average Bonchev–Trinajstić information content (AvgIpc) is 3.24. The van der Waals surface area contributed by atoms with Crippen molar-refractivity contribution in [2.24, 2.45) is 5.73 Å². The Morgan fingerprint density at radius 2 is 1.43 bits per heavy atom. The molecule has 6 amide bonds. The van der Waals surface area contributed by atoms with Gasteiger partial charge in [0, 0.05) is 54.9 Å². The number of benzene rings is 1. The zero-order valence-electron chi connectivity index (χ0n) is 36.1. The van der Waals surface area contributed by atoms with Crippen LogP contribution in [0.3, 0.4) is 0 Å². The van der Waals surface area contributed by atoms with E-state index in [1.807, 2.05) is 0 Å². The summed E-state index contributed by atoms with van der Waals surface area (Å²) in [7, 11) is -6.67. The molecule has 15 N–H and O–H groups in total. The number of amides is 6. The molecule has 0 saturated heterocycles. The summed E-state index contributed by atoms with van der Waals surface area (Å²) in [6.07, 6.45) is -0.0230. The number of H-pyrrole nitrogens is 1. The van der Waals surface area contributed by atoms with E-state index in [2.05, 4.69) is 57.2 Å². The van der Waals surface area contributed by atoms with Crippen LogP contribution in [0.15, 0.2) is 35.3 Å². The number of aromatic amines is 1. The number of anilines is 2. The minimum atomic E-state index is -4.45. The number of carboxylic acids is 1. The van der Waals surface area contributed by atoms with Crippen molar-refractivity contribution >= 4 is 106 Å². The highest BCUT2D eigenvalue weighted by Gasteiger charge is 2.29. The Bertz CT molecular complexity index is 2570. The first-order chi connectivity index (χ1) is 31.9. The Labute approximate surface area is 395 Å². The molecule has 2 aromatic heterocycles. The second kappa shape index (κ2) is 27.0. The van der Waals surface area contributed by atoms with Gasteiger partial charge < -0.3 is 53.8 Å². The van der Waals surface area contributed by atoms with Gasteiger partial charge in [-0.1, -0.05) is 21.6 Å². The summed E-state index contributed by atoms with van der Waals surface area (Å²) in [6, 6.07) is 1.28. The smallest absolute Gasteiger partial charge is 0.327 e. The largest absolute Gasteiger partial charge is 0.480 e. The first-order valence-electron chi connectivity index (χ1n) is 20.1. The molecule has 2 heterocycles. The van der Waals surface area contributed by atoms with Crippen LogP contribution < -0.4 is 54.2 Å². The fourth-order valence-corrected chi connectivity index (χ4v) is 8.20. The molecule has 0 radical (unpaired) electrons. The van der Waals surface area contributed by atoms with Crippen molar-refractivity contribution in [1.29, 1.82) is 0 Å². The van der Waals surface area contributed by atoms with Crippen molar-refractivity contribution < 1.29 is 64.6 Å². The lowest BCUT2D eigenvalue weighted by molar-refractivity contribution is -0.141. The minimum Gasteiger partial charge on any atom is -0.480 e. The van der Waals surface area contributed by atoms with Gasteiger partial charge in [0.15, 0.2) is 11.2 Å². The monoisotopic (exact) mass is 1030 g/mol. The molecule has 3 aromatic rings. The maximum Gasteiger partial charge on any atom is 0.327 e. The van der Waals surface area contributed by atoms with Gasteiger partial charge in [-0.15, -0.1) is 0 Å². The van der Waals surface area contributed by atoms with Crippen molar-refractivity contribution in [2.45, 2.75) is 63.3 Å². The van der Waals surface area contributed by atoms with E-state index >= 15 is 0 Å². The lowest BCUT2D eigenvalue weighted by atomic mass is 10.1. The number of hydrogen-bond donors (Lipinski definition) is 13. The van der Waals surface area contributed by atoms with Crippen LogP contribution in [0.4, 0.5) is 11.6 Å². The first kappa shape index (κ1) is 56.1. The molecule has 0 fully saturated rings. The number of carbonyl (C=O) groups is 7. The Morgan fingerprint density at radius 3 is 2.04 bits per heavy atom. The van der Waals surface area contributed by atoms with Crippen LogP contribution in [0.1, 0.15) is 48.7 Å². The van der Waals surface area contributed by atoms with Crippen LogP contribution in [0, 0.1) is 0 Å². The van der Waals surface area contributed by atoms with E-state index in [-0.39, 0.29) is 66.7 Å². The van der Waals surface area contributed by atoms with E-state index < -0.39 is 122 Å². The molecule has 374 valence electrons. The number of aliphatic carboxylic acids is 1. The molecule has 0 aliphatic carbocycles. The number of fused-ring (bicyclic) bond motifs is 1. The molecule has 0 aliphatic rings. The summed E-state index contributed by atoms with van der Waals surface area (Å²) in [4.78, 5) is 115. The third-order valence-electron chi connectivity index (χ3n) is 8.85. The fraction of sp³-hybridized carbons (Fsp3) is 0.472. The van der Waals surface area contributed by atoms with Gasteiger partial charge in [-0.25, -0.2) is 14.8 Å². The predicted octanol–water partition coefficient (Wildman–Crippen LogP) is -3.53. The van der Waals surface area contributed by atoms with Gasteiger partial charge in [-0.3, -0.25) is 47.7 Å². The SMILES string of the molecule is C[C@H](CCC(=O)N[C@@H](CC(=O)NCCS(=O)(=O)O)C(=O)N[C@@H](CSSCCNC(=O)[C@@H](N)CC(=O)NCCS(=O)(=O)O)C(=O)O)NC(=O)c1ccc(NCc2cnc3nc(N)[nH]c(=O)c3n2)cc1. The molecule has 0 unspecified atom stereocenters. The molecule has 0 saturated carbocycles. The number of nitrogens with one attached hydrogen (secondary N) is 8. The van der Waals surface area contributed by atoms with Gasteiger partial charge in [-0.05, 0) is 37.6 Å². The average molecular weight is 1030 g/mol. The lowest BCUT2D eigenvalue weighted by Gasteiger charge is -2.21. The van der Waals surface area contributed by atoms with Crippen LogP contribution in [-0.4, -0.2) is 159 Å². The molecule has 32 heteroatoms. The van der Waals surface area contributed by atoms with E-state index in [1.165, 1.54) is 6.20 Å². The molecule has 0 aliphatic heterocycles. The first-order valence-corrected chi connectivity index (χ1v) is 25.8. The number of hydrogen-bond acceptors (Lipinski definition) is 20. The van der Waals surface area contributed by atoms with E-state index in [9.17, 15) is 60.3 Å². The van der Waals surface area contributed by atoms with Gasteiger partial charge in [-0.2, -0.15) is 21.8 Å². The summed E-state index contributed by atoms with van der Waals surface area (Å²) >= 11 is 0. The van der Waals surface area contributed by atoms with Crippen molar-refractivity contribution in [3.8, 4) is 0 Å². The normalized spacial score (nSPS) is 13.2. The minimum absolute atomic E-state index is 0.0164. The van der Waals surface area contributed by atoms with Gasteiger partial charge in [0.1, 0.15) is 12.1 Å². The summed E-state index contributed by atoms with van der Waals surface area (Å²) in [5.74, 6) is -7.84. The van der Waals surface area contributed by atoms with E-state index in [1.54, 1.807) is 31.2 Å². The maximum atomic E-state index is 13.3. The second-order valence-corrected chi connectivity index (χ2v) is 20.3. The van der Waals surface area contributed by atoms with Gasteiger partial charge >= 0.3 is 5.97 Å². The Hall–Kier alpha value is -6.19. The topological polar surface area (TPSA) is 456 Å². The Balaban J connectivity index is 1.49. The quantitative estimate of drug-likeness (QED) is 0.0182. The summed E-state index contributed by atoms with van der Waals surface area (Å²) in [5.41, 5.74) is 12.1. The Morgan fingerprint density at radius 1 is 0.794 bits per heavy atom. The third kappa shape index (κ3) is 21.6. The number of nitrogens with two attached hydrogens (primary N) is 2. The van der Waals surface area contributed by atoms with Crippen molar-refractivity contribution in [3.05, 3.63) is 52.1 Å². The summed E-state index contributed by atoms with van der Waals surface area (Å²) in [6.45, 7) is 0.897. The van der Waals surface area contributed by atoms with Crippen LogP contribution >= 0.6 is 21.6 Å². The highest BCUT2D eigenvalue weighted by atomic mass is 33.1. The van der Waals surface area contributed by atoms with Crippen LogP contribution in [0.2, 0.25) is 0 Å². The molecule has 28 nitrogen and oxygen atoms in total. The molecular formula is C36H51N13O15S4. The highest BCUT2D eigenvalue weighted by molar-refractivity contribution is 8.76. The number of nitrogens with zero attached hydrogens (tertiary/aromatic N) is 3. The predicted molar refractivity (Wildman–Crippen MR) is 248 cm³/mol. The third-order valence-corrected chi connectivity index (χ3v) is 12.7. The van der Waals surface area contributed by atoms with E-state index in [0.717, 1.165) is 21.6 Å². The zero-order valence-corrected chi connectivity index (χ0v) is 39.3. The molecule has 3 rings (SSSR count). The zero-order chi connectivity index (χ0) is 50.6. The second-order valence-electron chi connectivity index (χ2n) is 14.5. The van der Waals surface area contributed by atoms with Crippen LogP contribution in [-0.2, 0) is 55.5 Å². The molecule has 68 heavy (non-hydrogen) atoms. The standard InChI is InChI=1S/C36H51N13O15S4/c1-19(44-31(53)20-3-5-21(6-4-20)42-16-22-17-43-30-29(45-22)34(56)49-36(38)48-30)2-7-26(50)46-24(15-28(52)40-10-13-68(62,63)64)33(55)47-25(35(57)58)18-66-65-11-8-41-32(54)23(37)14-27(51)39-9-12-67(59,60)61/h3-6,17,19,23-25,42H,2,7-16,18,37H2,1H3,(H,39,51)(H,40,52)(H,41,54)(H,44,53)(H,46,50)(H,47,55)(H,57,58)(H,59,60,61)(H,62,63,64)(H3,38,43,48,49,56)/t19-,23+,24+,25+/m1/s1. The van der Waals surface area contributed by atoms with Crippen molar-refractivity contribution in [1.82, 2.24) is 51.8 Å². The van der Waals surface area contributed by atoms with Crippen LogP contribution in [0.25, 0.3) is 11.2 Å². The van der Waals surface area contributed by atoms with Crippen molar-refractivity contribution in [2.75, 3.05) is 53.7 Å². The van der Waals surface area contributed by atoms with Gasteiger partial charge in [0.25, 0.3) is 31.7 Å². The summed E-state index contributed by atoms with van der Waals surface area (Å²) in [5, 5.41) is 27.1. The Kier molecular flexibility index (Phi) is 22.3. The molecular weight excluding hydrogens is 983 g/mol. The molecule has 4 atom stereocenters. The van der Waals surface area contributed by atoms with Crippen LogP contribution in [0.5, 0.6) is 0 Å². The number of carboxylic acid groups (broad SMARTS) is 1. The molecule has 0 bridgehead atoms. The van der Waals surface area contributed by atoms with E-state index in [4.69, 9.17) is 20.6 Å². The number of rotatable bonds is 29. The highest BCUT2D eigenvalue weighted by Crippen LogP contribution is 2.21. The summed E-state index contributed by atoms with van der Waals surface area (Å²) < 4.78 is 61.4. The van der Waals surface area contributed by atoms with Crippen molar-refractivity contribution in [3.63, 3.8) is 0 Å². The van der Waals surface area contributed by atoms with Gasteiger partial charge in [0.2, 0.25) is 35.5 Å².